The SMILES string of the molecule is CC(O)C([NH+]=[N-])C(=O)OCC(N)C(=O)O. The number of aliphatic hydroxyl groups is 1. The Labute approximate surface area is 85.5 Å². The first-order valence-corrected chi connectivity index (χ1v) is 4.12. The third-order valence-electron chi connectivity index (χ3n) is 1.60. The minimum atomic E-state index is -1.33. The van der Waals surface area contributed by atoms with Gasteiger partial charge in [-0.3, -0.25) is 4.79 Å². The Morgan fingerprint density at radius 1 is 1.60 bits per heavy atom. The van der Waals surface area contributed by atoms with Gasteiger partial charge in [0.1, 0.15) is 18.8 Å². The molecule has 3 unspecified atom stereocenters. The van der Waals surface area contributed by atoms with Crippen molar-refractivity contribution in [3.8, 4) is 0 Å². The second-order valence-electron chi connectivity index (χ2n) is 2.92. The number of nitrogens with one attached hydrogen (secondary N) is 1. The summed E-state index contributed by atoms with van der Waals surface area (Å²) in [5.74, 6) is -2.29. The average Bonchev–Trinajstić information content (AvgIpc) is 2.14. The first kappa shape index (κ1) is 13.5. The molecule has 3 atom stereocenters. The quantitative estimate of drug-likeness (QED) is 0.273. The van der Waals surface area contributed by atoms with Crippen LogP contribution >= 0.6 is 0 Å². The average molecular weight is 219 g/mol. The molecule has 0 aromatic heterocycles. The molecular weight excluding hydrogens is 206 g/mol. The lowest BCUT2D eigenvalue weighted by atomic mass is 10.2. The minimum Gasteiger partial charge on any atom is -0.508 e. The number of carbonyl (C=O) groups excluding carboxylic acids is 1. The summed E-state index contributed by atoms with van der Waals surface area (Å²) in [6.07, 6.45) is -1.18. The summed E-state index contributed by atoms with van der Waals surface area (Å²) in [6, 6.07) is -2.66. The predicted molar refractivity (Wildman–Crippen MR) is 46.4 cm³/mol. The Morgan fingerprint density at radius 2 is 2.13 bits per heavy atom. The van der Waals surface area contributed by atoms with E-state index in [4.69, 9.17) is 21.5 Å². The molecule has 86 valence electrons. The molecule has 0 spiro atoms. The molecule has 0 rings (SSSR count). The molecule has 15 heavy (non-hydrogen) atoms. The molecular formula is C7H13N3O5. The van der Waals surface area contributed by atoms with Gasteiger partial charge in [0.15, 0.2) is 0 Å². The maximum Gasteiger partial charge on any atom is 0.377 e. The summed E-state index contributed by atoms with van der Waals surface area (Å²) in [5.41, 5.74) is 13.5. The first-order chi connectivity index (χ1) is 6.90. The summed E-state index contributed by atoms with van der Waals surface area (Å²) in [4.78, 5) is 21.3. The van der Waals surface area contributed by atoms with Crippen molar-refractivity contribution in [2.24, 2.45) is 5.73 Å². The molecule has 0 aliphatic rings. The summed E-state index contributed by atoms with van der Waals surface area (Å²) in [7, 11) is 0. The van der Waals surface area contributed by atoms with Gasteiger partial charge in [0, 0.05) is 0 Å². The lowest BCUT2D eigenvalue weighted by molar-refractivity contribution is -0.523. The van der Waals surface area contributed by atoms with Gasteiger partial charge in [-0.1, -0.05) is 0 Å². The van der Waals surface area contributed by atoms with Crippen LogP contribution in [0, 0.1) is 0 Å². The molecule has 0 radical (unpaired) electrons. The van der Waals surface area contributed by atoms with Crippen LogP contribution in [0.2, 0.25) is 0 Å². The van der Waals surface area contributed by atoms with E-state index < -0.39 is 36.7 Å². The van der Waals surface area contributed by atoms with Gasteiger partial charge >= 0.3 is 11.9 Å². The van der Waals surface area contributed by atoms with E-state index in [1.807, 2.05) is 0 Å². The highest BCUT2D eigenvalue weighted by Gasteiger charge is 2.28. The topological polar surface area (TPSA) is 146 Å². The molecule has 0 aliphatic heterocycles. The van der Waals surface area contributed by atoms with Crippen LogP contribution in [0.25, 0.3) is 5.53 Å². The highest BCUT2D eigenvalue weighted by Crippen LogP contribution is 1.92. The fourth-order valence-electron chi connectivity index (χ4n) is 0.690. The lowest BCUT2D eigenvalue weighted by Gasteiger charge is -2.12. The van der Waals surface area contributed by atoms with Gasteiger partial charge in [-0.15, -0.1) is 0 Å². The van der Waals surface area contributed by atoms with E-state index in [2.05, 4.69) is 4.74 Å². The highest BCUT2D eigenvalue weighted by molar-refractivity contribution is 5.76. The number of hydrogen-bond acceptors (Lipinski definition) is 5. The van der Waals surface area contributed by atoms with Gasteiger partial charge in [0.05, 0.1) is 0 Å². The molecule has 0 aromatic rings. The molecule has 0 aliphatic carbocycles. The van der Waals surface area contributed by atoms with Crippen LogP contribution in [0.3, 0.4) is 0 Å². The molecule has 0 heterocycles. The van der Waals surface area contributed by atoms with Gasteiger partial charge in [0.25, 0.3) is 6.04 Å². The van der Waals surface area contributed by atoms with Crippen molar-refractivity contribution in [2.75, 3.05) is 6.61 Å². The molecule has 5 N–H and O–H groups in total. The van der Waals surface area contributed by atoms with E-state index in [1.165, 1.54) is 6.92 Å². The van der Waals surface area contributed by atoms with Crippen molar-refractivity contribution in [1.82, 2.24) is 0 Å². The fourth-order valence-corrected chi connectivity index (χ4v) is 0.690. The number of carbonyl (C=O) groups is 2. The first-order valence-electron chi connectivity index (χ1n) is 4.12. The molecule has 0 saturated carbocycles. The molecule has 0 bridgehead atoms. The van der Waals surface area contributed by atoms with Gasteiger partial charge < -0.3 is 31.3 Å². The Bertz CT molecular complexity index is 255. The number of esters is 1. The third-order valence-corrected chi connectivity index (χ3v) is 1.60. The Hall–Kier alpha value is -1.54. The standard InChI is InChI=1S/C7H13N3O5/c1-3(11)5(10-9)7(14)15-2-4(8)6(12)13/h3-5,10-11H,2,8H2,1H3,(H,12,13). The summed E-state index contributed by atoms with van der Waals surface area (Å²) < 4.78 is 4.45. The van der Waals surface area contributed by atoms with Crippen molar-refractivity contribution in [2.45, 2.75) is 25.1 Å². The monoisotopic (exact) mass is 219 g/mol. The van der Waals surface area contributed by atoms with Crippen LogP contribution in [-0.2, 0) is 14.3 Å². The lowest BCUT2D eigenvalue weighted by Crippen LogP contribution is -2.78. The van der Waals surface area contributed by atoms with E-state index in [-0.39, 0.29) is 0 Å². The Kier molecular flexibility index (Phi) is 5.42. The van der Waals surface area contributed by atoms with Gasteiger partial charge in [0.2, 0.25) is 0 Å². The van der Waals surface area contributed by atoms with E-state index in [9.17, 15) is 9.59 Å². The van der Waals surface area contributed by atoms with Crippen LogP contribution in [-0.4, -0.2) is 46.9 Å². The molecule has 8 heteroatoms. The highest BCUT2D eigenvalue weighted by atomic mass is 16.5. The summed E-state index contributed by atoms with van der Waals surface area (Å²) >= 11 is 0. The molecule has 0 aromatic carbocycles. The number of rotatable bonds is 6. The Balaban J connectivity index is 4.13. The molecule has 0 fully saturated rings. The maximum absolute atomic E-state index is 11.1. The second-order valence-corrected chi connectivity index (χ2v) is 2.92. The number of hydrogen-bond donors (Lipinski definition) is 4. The predicted octanol–water partition coefficient (Wildman–Crippen LogP) is -3.21. The molecule has 0 amide bonds. The van der Waals surface area contributed by atoms with Gasteiger partial charge in [-0.05, 0) is 6.92 Å². The number of nitrogens with two attached hydrogens (primary N) is 1. The van der Waals surface area contributed by atoms with E-state index in [0.29, 0.717) is 0 Å². The number of carboxylic acid groups (broad SMARTS) is 1. The zero-order valence-electron chi connectivity index (χ0n) is 8.08. The summed E-state index contributed by atoms with van der Waals surface area (Å²) in [5, 5.41) is 18.9. The largest absolute Gasteiger partial charge is 0.508 e. The maximum atomic E-state index is 11.1. The van der Waals surface area contributed by atoms with Crippen molar-refractivity contribution in [3.05, 3.63) is 5.53 Å². The third kappa shape index (κ3) is 4.47. The van der Waals surface area contributed by atoms with E-state index in [0.717, 1.165) is 0 Å². The van der Waals surface area contributed by atoms with Crippen LogP contribution in [0.4, 0.5) is 0 Å². The zero-order valence-corrected chi connectivity index (χ0v) is 8.08. The number of aliphatic carboxylic acids is 1. The number of nitrogens with zero attached hydrogens (tertiary/aromatic N) is 1. The minimum absolute atomic E-state index is 0.529. The Morgan fingerprint density at radius 3 is 2.47 bits per heavy atom. The van der Waals surface area contributed by atoms with Gasteiger partial charge in [-0.2, -0.15) is 0 Å². The van der Waals surface area contributed by atoms with Crippen molar-refractivity contribution in [1.29, 1.82) is 0 Å². The smallest absolute Gasteiger partial charge is 0.377 e. The number of ether oxygens (including phenoxy) is 1. The van der Waals surface area contributed by atoms with Crippen LogP contribution in [0.15, 0.2) is 0 Å². The summed E-state index contributed by atoms with van der Waals surface area (Å²) in [6.45, 7) is 0.728. The number of carboxylic acids is 1. The van der Waals surface area contributed by atoms with Crippen molar-refractivity contribution < 1.29 is 29.7 Å². The van der Waals surface area contributed by atoms with Crippen molar-refractivity contribution >= 4 is 11.9 Å². The van der Waals surface area contributed by atoms with Gasteiger partial charge in [-0.25, -0.2) is 4.79 Å². The van der Waals surface area contributed by atoms with E-state index in [1.54, 1.807) is 5.11 Å². The zero-order chi connectivity index (χ0) is 12.0. The van der Waals surface area contributed by atoms with E-state index >= 15 is 0 Å². The molecule has 8 nitrogen and oxygen atoms in total. The van der Waals surface area contributed by atoms with Crippen LogP contribution < -0.4 is 10.8 Å². The van der Waals surface area contributed by atoms with Crippen molar-refractivity contribution in [3.63, 3.8) is 0 Å². The number of aliphatic hydroxyl groups excluding tert-OH is 1. The van der Waals surface area contributed by atoms with Crippen LogP contribution in [0.1, 0.15) is 6.92 Å². The normalized spacial score (nSPS) is 16.2. The van der Waals surface area contributed by atoms with Crippen LogP contribution in [0.5, 0.6) is 0 Å². The fraction of sp³-hybridized carbons (Fsp3) is 0.714. The molecule has 0 saturated heterocycles. The second kappa shape index (κ2) is 6.04.